The number of hydrogen-bond acceptors (Lipinski definition) is 3. The van der Waals surface area contributed by atoms with Gasteiger partial charge in [-0.2, -0.15) is 0 Å². The van der Waals surface area contributed by atoms with E-state index in [2.05, 4.69) is 21.2 Å². The van der Waals surface area contributed by atoms with Crippen LogP contribution >= 0.6 is 15.9 Å². The van der Waals surface area contributed by atoms with Gasteiger partial charge in [0.25, 0.3) is 0 Å². The molecule has 148 valence electrons. The van der Waals surface area contributed by atoms with E-state index in [4.69, 9.17) is 0 Å². The van der Waals surface area contributed by atoms with Crippen molar-refractivity contribution in [3.8, 4) is 0 Å². The molecule has 0 aliphatic carbocycles. The third-order valence-corrected chi connectivity index (χ3v) is 5.80. The Morgan fingerprint density at radius 3 is 2.25 bits per heavy atom. The Hall–Kier alpha value is -2.18. The number of nitrogens with one attached hydrogen (secondary N) is 1. The minimum Gasteiger partial charge on any atom is -0.388 e. The molecule has 2 aromatic carbocycles. The predicted molar refractivity (Wildman–Crippen MR) is 113 cm³/mol. The smallest absolute Gasteiger partial charge is 0.313 e. The summed E-state index contributed by atoms with van der Waals surface area (Å²) in [7, 11) is 0. The van der Waals surface area contributed by atoms with Gasteiger partial charge in [0.1, 0.15) is 0 Å². The van der Waals surface area contributed by atoms with Crippen LogP contribution in [0.15, 0.2) is 46.9 Å². The van der Waals surface area contributed by atoms with Crippen LogP contribution in [-0.2, 0) is 9.59 Å². The van der Waals surface area contributed by atoms with Crippen molar-refractivity contribution >= 4 is 33.4 Å². The number of aryl methyl sites for hydroxylation is 2. The molecular formula is C22H25BrN2O3. The Morgan fingerprint density at radius 2 is 1.68 bits per heavy atom. The zero-order valence-corrected chi connectivity index (χ0v) is 17.7. The van der Waals surface area contributed by atoms with Crippen molar-refractivity contribution in [2.24, 2.45) is 5.92 Å². The van der Waals surface area contributed by atoms with Crippen molar-refractivity contribution in [3.05, 3.63) is 63.6 Å². The van der Waals surface area contributed by atoms with Crippen molar-refractivity contribution in [2.75, 3.05) is 18.4 Å². The van der Waals surface area contributed by atoms with E-state index in [9.17, 15) is 14.7 Å². The number of aliphatic hydroxyl groups excluding tert-OH is 1. The van der Waals surface area contributed by atoms with E-state index in [1.165, 1.54) is 0 Å². The van der Waals surface area contributed by atoms with Crippen LogP contribution in [0.2, 0.25) is 0 Å². The molecule has 28 heavy (non-hydrogen) atoms. The summed E-state index contributed by atoms with van der Waals surface area (Å²) in [5.74, 6) is -1.05. The van der Waals surface area contributed by atoms with Gasteiger partial charge in [-0.25, -0.2) is 0 Å². The maximum absolute atomic E-state index is 12.6. The van der Waals surface area contributed by atoms with Crippen LogP contribution in [0.4, 0.5) is 5.69 Å². The van der Waals surface area contributed by atoms with Crippen LogP contribution in [0.5, 0.6) is 0 Å². The number of anilines is 1. The van der Waals surface area contributed by atoms with E-state index in [1.54, 1.807) is 4.90 Å². The van der Waals surface area contributed by atoms with Gasteiger partial charge in [-0.1, -0.05) is 46.3 Å². The molecule has 2 aromatic rings. The van der Waals surface area contributed by atoms with Gasteiger partial charge < -0.3 is 15.3 Å². The summed E-state index contributed by atoms with van der Waals surface area (Å²) in [6.45, 7) is 4.74. The van der Waals surface area contributed by atoms with E-state index in [0.29, 0.717) is 31.6 Å². The molecule has 0 spiro atoms. The quantitative estimate of drug-likeness (QED) is 0.703. The number of carbonyl (C=O) groups excluding carboxylic acids is 2. The number of hydrogen-bond donors (Lipinski definition) is 2. The normalized spacial score (nSPS) is 15.9. The molecule has 2 amide bonds. The average molecular weight is 445 g/mol. The number of carbonyl (C=O) groups is 2. The van der Waals surface area contributed by atoms with Gasteiger partial charge in [0.05, 0.1) is 6.10 Å². The van der Waals surface area contributed by atoms with Gasteiger partial charge in [0.2, 0.25) is 0 Å². The molecule has 0 aromatic heterocycles. The summed E-state index contributed by atoms with van der Waals surface area (Å²) in [5.41, 5.74) is 3.37. The number of likely N-dealkylation sites (tertiary alicyclic amines) is 1. The van der Waals surface area contributed by atoms with E-state index >= 15 is 0 Å². The third-order valence-electron chi connectivity index (χ3n) is 5.34. The topological polar surface area (TPSA) is 69.6 Å². The molecule has 0 unspecified atom stereocenters. The van der Waals surface area contributed by atoms with Crippen molar-refractivity contribution < 1.29 is 14.7 Å². The fourth-order valence-corrected chi connectivity index (χ4v) is 4.45. The van der Waals surface area contributed by atoms with Crippen LogP contribution in [0.3, 0.4) is 0 Å². The number of amides is 2. The number of piperidine rings is 1. The molecule has 0 radical (unpaired) electrons. The molecule has 0 saturated carbocycles. The maximum Gasteiger partial charge on any atom is 0.313 e. The highest BCUT2D eigenvalue weighted by molar-refractivity contribution is 9.10. The molecular weight excluding hydrogens is 420 g/mol. The molecule has 2 N–H and O–H groups in total. The van der Waals surface area contributed by atoms with E-state index < -0.39 is 17.9 Å². The fourth-order valence-electron chi connectivity index (χ4n) is 3.76. The molecule has 1 aliphatic rings. The summed E-state index contributed by atoms with van der Waals surface area (Å²) in [6.07, 6.45) is 0.803. The van der Waals surface area contributed by atoms with E-state index in [-0.39, 0.29) is 5.92 Å². The first kappa shape index (κ1) is 20.6. The molecule has 1 aliphatic heterocycles. The van der Waals surface area contributed by atoms with Crippen LogP contribution < -0.4 is 5.32 Å². The summed E-state index contributed by atoms with van der Waals surface area (Å²) >= 11 is 3.43. The highest BCUT2D eigenvalue weighted by Crippen LogP contribution is 2.31. The molecule has 1 fully saturated rings. The van der Waals surface area contributed by atoms with Crippen LogP contribution in [0, 0.1) is 19.8 Å². The molecule has 5 nitrogen and oxygen atoms in total. The lowest BCUT2D eigenvalue weighted by molar-refractivity contribution is -0.144. The van der Waals surface area contributed by atoms with Gasteiger partial charge in [0, 0.05) is 23.2 Å². The summed E-state index contributed by atoms with van der Waals surface area (Å²) in [5, 5.41) is 13.3. The van der Waals surface area contributed by atoms with Crippen molar-refractivity contribution in [2.45, 2.75) is 32.8 Å². The lowest BCUT2D eigenvalue weighted by atomic mass is 9.87. The number of benzene rings is 2. The average Bonchev–Trinajstić information content (AvgIpc) is 2.70. The molecule has 1 heterocycles. The lowest BCUT2D eigenvalue weighted by Gasteiger charge is -2.34. The van der Waals surface area contributed by atoms with Crippen molar-refractivity contribution in [3.63, 3.8) is 0 Å². The minimum absolute atomic E-state index is 0.0884. The Balaban J connectivity index is 1.58. The summed E-state index contributed by atoms with van der Waals surface area (Å²) in [6, 6.07) is 13.4. The van der Waals surface area contributed by atoms with Gasteiger partial charge in [-0.15, -0.1) is 0 Å². The molecule has 3 rings (SSSR count). The SMILES string of the molecule is Cc1cc(Br)cc(C)c1NC(=O)C(=O)N1CCC([C@H](O)c2ccccc2)CC1. The van der Waals surface area contributed by atoms with Gasteiger partial charge in [-0.3, -0.25) is 9.59 Å². The highest BCUT2D eigenvalue weighted by atomic mass is 79.9. The highest BCUT2D eigenvalue weighted by Gasteiger charge is 2.31. The third kappa shape index (κ3) is 4.62. The van der Waals surface area contributed by atoms with Crippen LogP contribution in [-0.4, -0.2) is 34.9 Å². The Kier molecular flexibility index (Phi) is 6.52. The summed E-state index contributed by atoms with van der Waals surface area (Å²) < 4.78 is 0.936. The lowest BCUT2D eigenvalue weighted by Crippen LogP contribution is -2.45. The van der Waals surface area contributed by atoms with E-state index in [1.807, 2.05) is 56.3 Å². The fraction of sp³-hybridized carbons (Fsp3) is 0.364. The Bertz CT molecular complexity index is 838. The number of nitrogens with zero attached hydrogens (tertiary/aromatic N) is 1. The first-order valence-electron chi connectivity index (χ1n) is 9.47. The number of halogens is 1. The predicted octanol–water partition coefficient (Wildman–Crippen LogP) is 3.98. The minimum atomic E-state index is -0.615. The molecule has 1 atom stereocenters. The first-order valence-corrected chi connectivity index (χ1v) is 10.3. The van der Waals surface area contributed by atoms with E-state index in [0.717, 1.165) is 21.2 Å². The summed E-state index contributed by atoms with van der Waals surface area (Å²) in [4.78, 5) is 26.6. The van der Waals surface area contributed by atoms with Gasteiger partial charge >= 0.3 is 11.8 Å². The first-order chi connectivity index (χ1) is 13.4. The Labute approximate surface area is 173 Å². The zero-order chi connectivity index (χ0) is 20.3. The number of rotatable bonds is 3. The van der Waals surface area contributed by atoms with Gasteiger partial charge in [-0.05, 0) is 61.4 Å². The van der Waals surface area contributed by atoms with Crippen molar-refractivity contribution in [1.82, 2.24) is 4.90 Å². The van der Waals surface area contributed by atoms with Crippen LogP contribution in [0.1, 0.15) is 35.6 Å². The second-order valence-corrected chi connectivity index (χ2v) is 8.27. The Morgan fingerprint density at radius 1 is 1.11 bits per heavy atom. The monoisotopic (exact) mass is 444 g/mol. The molecule has 6 heteroatoms. The molecule has 1 saturated heterocycles. The largest absolute Gasteiger partial charge is 0.388 e. The second kappa shape index (κ2) is 8.88. The van der Waals surface area contributed by atoms with Crippen LogP contribution in [0.25, 0.3) is 0 Å². The zero-order valence-electron chi connectivity index (χ0n) is 16.1. The number of aliphatic hydroxyl groups is 1. The maximum atomic E-state index is 12.6. The van der Waals surface area contributed by atoms with Crippen molar-refractivity contribution in [1.29, 1.82) is 0 Å². The standard InChI is InChI=1S/C22H25BrN2O3/c1-14-12-18(23)13-15(2)19(14)24-21(27)22(28)25-10-8-17(9-11-25)20(26)16-6-4-3-5-7-16/h3-7,12-13,17,20,26H,8-11H2,1-2H3,(H,24,27)/t20-/m1/s1. The second-order valence-electron chi connectivity index (χ2n) is 7.35. The van der Waals surface area contributed by atoms with Gasteiger partial charge in [0.15, 0.2) is 0 Å². The molecule has 0 bridgehead atoms.